The lowest BCUT2D eigenvalue weighted by molar-refractivity contribution is -0.144. The molecule has 20 heteroatoms. The molecule has 0 bridgehead atoms. The van der Waals surface area contributed by atoms with Crippen LogP contribution in [0.2, 0.25) is 0 Å². The van der Waals surface area contributed by atoms with Crippen LogP contribution >= 0.6 is 0 Å². The van der Waals surface area contributed by atoms with Crippen LogP contribution in [0.5, 0.6) is 11.5 Å². The average molecular weight is 1180 g/mol. The van der Waals surface area contributed by atoms with Gasteiger partial charge in [-0.1, -0.05) is 128 Å². The first-order valence-corrected chi connectivity index (χ1v) is 30.0. The zero-order valence-corrected chi connectivity index (χ0v) is 49.1. The number of benzene rings is 6. The minimum Gasteiger partial charge on any atom is -0.457 e. The fraction of sp³-hybridized carbons (Fsp3) is 0.343. The molecular formula is C67H75N11O9. The van der Waals surface area contributed by atoms with Crippen molar-refractivity contribution in [1.29, 1.82) is 0 Å². The number of nitrogens with zero attached hydrogens (tertiary/aromatic N) is 4. The van der Waals surface area contributed by atoms with Crippen molar-refractivity contribution < 1.29 is 43.1 Å². The van der Waals surface area contributed by atoms with E-state index in [0.29, 0.717) is 61.4 Å². The largest absolute Gasteiger partial charge is 0.457 e. The number of nitrogens with one attached hydrogen (secondary N) is 7. The number of hydrogen-bond acceptors (Lipinski definition) is 10. The number of urea groups is 2. The first-order valence-electron chi connectivity index (χ1n) is 30.0. The topological polar surface area (TPSA) is 243 Å². The predicted molar refractivity (Wildman–Crippen MR) is 329 cm³/mol. The summed E-state index contributed by atoms with van der Waals surface area (Å²) in [7, 11) is 1.64. The first kappa shape index (κ1) is 60.6. The molecule has 20 nitrogen and oxygen atoms in total. The first-order chi connectivity index (χ1) is 42.2. The molecule has 0 radical (unpaired) electrons. The lowest BCUT2D eigenvalue weighted by Gasteiger charge is -2.39. The van der Waals surface area contributed by atoms with Crippen LogP contribution in [0.4, 0.5) is 21.0 Å². The van der Waals surface area contributed by atoms with Crippen LogP contribution in [0.3, 0.4) is 0 Å². The third kappa shape index (κ3) is 14.6. The van der Waals surface area contributed by atoms with Crippen molar-refractivity contribution in [3.63, 3.8) is 0 Å². The standard InChI is InChI=1S/C67H75N11O9/c1-4-58(79)71-54-41-75(39-37-50-29-35-56(77(50)64(54)83)62(81)73-59(44-17-9-5-10-18-44)45-19-11-6-12-20-45)66(85)69-48-25-31-52(32-26-48)87-53-33-27-49(28-34-53)70-67(86)76-40-38-51-30-36-57(78(51)65(84)55(42-76)72-61(80)43(2)68-3)63(82)74-60(46-21-13-7-14-22-46)47-23-15-8-16-24-47/h5-28,31-34,43,50-51,54-57,59-60,68H,4,29-30,35-42H2,1-3H3,(H,69,85)(H,70,86)(H,71,79)(H,72,80)(H,73,81)(H,74,82)/t43-,50+,51+,54-,55-,56?,57-/m0/s1. The van der Waals surface area contributed by atoms with E-state index in [1.165, 1.54) is 9.80 Å². The van der Waals surface area contributed by atoms with Crippen LogP contribution in [0, 0.1) is 0 Å². The number of anilines is 2. The van der Waals surface area contributed by atoms with Gasteiger partial charge in [0.1, 0.15) is 35.7 Å². The fourth-order valence-electron chi connectivity index (χ4n) is 12.1. The molecule has 7 atom stereocenters. The smallest absolute Gasteiger partial charge is 0.321 e. The van der Waals surface area contributed by atoms with E-state index in [-0.39, 0.29) is 62.4 Å². The van der Waals surface area contributed by atoms with Gasteiger partial charge in [-0.05, 0) is 123 Å². The molecule has 6 aromatic carbocycles. The molecule has 0 aromatic heterocycles. The molecule has 4 aliphatic heterocycles. The normalized spacial score (nSPS) is 20.6. The Kier molecular flexibility index (Phi) is 19.6. The lowest BCUT2D eigenvalue weighted by Crippen LogP contribution is -2.62. The van der Waals surface area contributed by atoms with Gasteiger partial charge < -0.3 is 61.6 Å². The summed E-state index contributed by atoms with van der Waals surface area (Å²) < 4.78 is 6.15. The summed E-state index contributed by atoms with van der Waals surface area (Å²) in [5.41, 5.74) is 4.51. The van der Waals surface area contributed by atoms with Gasteiger partial charge >= 0.3 is 12.1 Å². The van der Waals surface area contributed by atoms with Crippen molar-refractivity contribution >= 4 is 58.9 Å². The van der Waals surface area contributed by atoms with Gasteiger partial charge in [0, 0.05) is 43.0 Å². The summed E-state index contributed by atoms with van der Waals surface area (Å²) in [6, 6.07) is 45.2. The molecule has 10 amide bonds. The predicted octanol–water partition coefficient (Wildman–Crippen LogP) is 7.47. The van der Waals surface area contributed by atoms with E-state index in [0.717, 1.165) is 22.3 Å². The molecule has 0 saturated carbocycles. The van der Waals surface area contributed by atoms with E-state index in [2.05, 4.69) is 37.2 Å². The monoisotopic (exact) mass is 1180 g/mol. The van der Waals surface area contributed by atoms with Gasteiger partial charge in [-0.25, -0.2) is 9.59 Å². The molecule has 6 aromatic rings. The van der Waals surface area contributed by atoms with Gasteiger partial charge in [-0.2, -0.15) is 0 Å². The molecule has 0 aliphatic carbocycles. The molecule has 1 unspecified atom stereocenters. The number of rotatable bonds is 17. The molecular weight excluding hydrogens is 1100 g/mol. The second-order valence-electron chi connectivity index (χ2n) is 22.5. The summed E-state index contributed by atoms with van der Waals surface area (Å²) in [5, 5.41) is 20.9. The Bertz CT molecular complexity index is 3300. The van der Waals surface area contributed by atoms with Crippen molar-refractivity contribution in [3.8, 4) is 11.5 Å². The number of carbonyl (C=O) groups is 8. The zero-order chi connectivity index (χ0) is 61.0. The van der Waals surface area contributed by atoms with E-state index >= 15 is 0 Å². The van der Waals surface area contributed by atoms with E-state index in [9.17, 15) is 38.4 Å². The Hall–Kier alpha value is -9.56. The van der Waals surface area contributed by atoms with E-state index in [1.807, 2.05) is 121 Å². The van der Waals surface area contributed by atoms with Gasteiger partial charge in [0.2, 0.25) is 35.4 Å². The molecule has 10 rings (SSSR count). The van der Waals surface area contributed by atoms with E-state index in [1.54, 1.807) is 79.2 Å². The van der Waals surface area contributed by atoms with Crippen LogP contribution in [0.1, 0.15) is 93.1 Å². The average Bonchev–Trinajstić information content (AvgIpc) is 2.62. The van der Waals surface area contributed by atoms with Gasteiger partial charge in [0.05, 0.1) is 31.2 Å². The Labute approximate surface area is 506 Å². The Balaban J connectivity index is 0.747. The summed E-state index contributed by atoms with van der Waals surface area (Å²) in [6.45, 7) is 3.63. The lowest BCUT2D eigenvalue weighted by atomic mass is 9.98. The van der Waals surface area contributed by atoms with Gasteiger partial charge in [-0.3, -0.25) is 28.8 Å². The van der Waals surface area contributed by atoms with Crippen molar-refractivity contribution in [3.05, 3.63) is 192 Å². The maximum atomic E-state index is 14.7. The fourth-order valence-corrected chi connectivity index (χ4v) is 12.1. The molecule has 87 heavy (non-hydrogen) atoms. The van der Waals surface area contributed by atoms with Crippen molar-refractivity contribution in [1.82, 2.24) is 46.2 Å². The van der Waals surface area contributed by atoms with Crippen LogP contribution in [-0.2, 0) is 28.8 Å². The molecule has 4 fully saturated rings. The summed E-state index contributed by atoms with van der Waals surface area (Å²) >= 11 is 0. The van der Waals surface area contributed by atoms with Crippen LogP contribution in [0.25, 0.3) is 0 Å². The number of carbonyl (C=O) groups excluding carboxylic acids is 8. The number of fused-ring (bicyclic) bond motifs is 2. The van der Waals surface area contributed by atoms with Crippen molar-refractivity contribution in [2.75, 3.05) is 43.9 Å². The second-order valence-corrected chi connectivity index (χ2v) is 22.5. The van der Waals surface area contributed by atoms with Crippen molar-refractivity contribution in [2.24, 2.45) is 0 Å². The number of hydrogen-bond donors (Lipinski definition) is 7. The highest BCUT2D eigenvalue weighted by Gasteiger charge is 2.48. The number of amides is 10. The number of ether oxygens (including phenoxy) is 1. The maximum absolute atomic E-state index is 14.7. The molecule has 0 spiro atoms. The van der Waals surface area contributed by atoms with Gasteiger partial charge in [0.25, 0.3) is 0 Å². The highest BCUT2D eigenvalue weighted by atomic mass is 16.5. The summed E-state index contributed by atoms with van der Waals surface area (Å²) in [5.74, 6) is -1.30. The van der Waals surface area contributed by atoms with Crippen LogP contribution in [-0.4, -0.2) is 143 Å². The molecule has 4 saturated heterocycles. The Morgan fingerprint density at radius 1 is 0.494 bits per heavy atom. The summed E-state index contributed by atoms with van der Waals surface area (Å²) in [6.07, 6.45) is 2.89. The van der Waals surface area contributed by atoms with E-state index < -0.39 is 72.1 Å². The minimum atomic E-state index is -1.14. The van der Waals surface area contributed by atoms with E-state index in [4.69, 9.17) is 4.74 Å². The molecule has 452 valence electrons. The highest BCUT2D eigenvalue weighted by molar-refractivity contribution is 5.97. The zero-order valence-electron chi connectivity index (χ0n) is 49.1. The molecule has 4 heterocycles. The third-order valence-electron chi connectivity index (χ3n) is 16.9. The van der Waals surface area contributed by atoms with Crippen molar-refractivity contribution in [2.45, 2.75) is 113 Å². The SMILES string of the molecule is CCC(=O)N[C@H]1CN(C(=O)Nc2ccc(Oc3ccc(NC(=O)N4CC[C@H]5CC[C@@H](C(=O)NC(c6ccccc6)c6ccccc6)N5C(=O)[C@@H](NC(=O)[C@H](C)NC)C4)cc3)cc2)CC[C@H]2CCC(C(=O)NC(c3ccccc3)c3ccccc3)N2C1=O. The quantitative estimate of drug-likeness (QED) is 0.0475. The summed E-state index contributed by atoms with van der Waals surface area (Å²) in [4.78, 5) is 119. The second kappa shape index (κ2) is 28.1. The van der Waals surface area contributed by atoms with Gasteiger partial charge in [0.15, 0.2) is 0 Å². The minimum absolute atomic E-state index is 0.109. The van der Waals surface area contributed by atoms with Gasteiger partial charge in [-0.15, -0.1) is 0 Å². The number of likely N-dealkylation sites (N-methyl/N-ethyl adjacent to an activating group) is 1. The molecule has 4 aliphatic rings. The van der Waals surface area contributed by atoms with Crippen LogP contribution < -0.4 is 42.0 Å². The highest BCUT2D eigenvalue weighted by Crippen LogP contribution is 2.34. The maximum Gasteiger partial charge on any atom is 0.321 e. The molecule has 7 N–H and O–H groups in total. The van der Waals surface area contributed by atoms with Crippen LogP contribution in [0.15, 0.2) is 170 Å². The third-order valence-corrected chi connectivity index (χ3v) is 16.9. The Morgan fingerprint density at radius 2 is 0.862 bits per heavy atom. The Morgan fingerprint density at radius 3 is 1.22 bits per heavy atom.